The molecular weight excluding hydrogens is 536 g/mol. The number of hydrogen-bond donors (Lipinski definition) is 1. The smallest absolute Gasteiger partial charge is 0.137 e. The number of nitrogens with zero attached hydrogens (tertiary/aromatic N) is 3. The van der Waals surface area contributed by atoms with E-state index in [0.29, 0.717) is 11.1 Å². The molecule has 0 unspecified atom stereocenters. The molecule has 4 nitrogen and oxygen atoms in total. The molecule has 0 bridgehead atoms. The number of fused-ring (bicyclic) bond motifs is 1. The molecule has 0 aliphatic carbocycles. The van der Waals surface area contributed by atoms with Gasteiger partial charge in [0.15, 0.2) is 0 Å². The summed E-state index contributed by atoms with van der Waals surface area (Å²) in [6.07, 6.45) is 2.55. The van der Waals surface area contributed by atoms with Gasteiger partial charge in [0, 0.05) is 33.3 Å². The van der Waals surface area contributed by atoms with Gasteiger partial charge >= 0.3 is 0 Å². The first-order valence-corrected chi connectivity index (χ1v) is 9.92. The molecule has 0 saturated heterocycles. The Hall–Kier alpha value is -0.700. The highest BCUT2D eigenvalue weighted by Crippen LogP contribution is 2.38. The number of rotatable bonds is 2. The van der Waals surface area contributed by atoms with Crippen LogP contribution in [0.25, 0.3) is 0 Å². The molecule has 0 fully saturated rings. The molecule has 3 rings (SSSR count). The average Bonchev–Trinajstić information content (AvgIpc) is 2.85. The highest BCUT2D eigenvalue weighted by Gasteiger charge is 2.22. The van der Waals surface area contributed by atoms with Crippen LogP contribution in [-0.4, -0.2) is 29.8 Å². The summed E-state index contributed by atoms with van der Waals surface area (Å²) < 4.78 is 1.84. The van der Waals surface area contributed by atoms with Crippen LogP contribution < -0.4 is 0 Å². The zero-order chi connectivity index (χ0) is 16.6. The highest BCUT2D eigenvalue weighted by atomic mass is 127. The van der Waals surface area contributed by atoms with Crippen molar-refractivity contribution in [3.63, 3.8) is 0 Å². The van der Waals surface area contributed by atoms with E-state index in [1.54, 1.807) is 17.6 Å². The maximum atomic E-state index is 10.2. The summed E-state index contributed by atoms with van der Waals surface area (Å²) in [7, 11) is 2.09. The zero-order valence-electron chi connectivity index (χ0n) is 12.3. The van der Waals surface area contributed by atoms with Crippen LogP contribution in [-0.2, 0) is 13.0 Å². The fourth-order valence-electron chi connectivity index (χ4n) is 2.54. The monoisotopic (exact) mass is 549 g/mol. The van der Waals surface area contributed by atoms with Crippen molar-refractivity contribution in [3.8, 4) is 11.8 Å². The topological polar surface area (TPSA) is 59.6 Å². The van der Waals surface area contributed by atoms with Gasteiger partial charge in [-0.25, -0.2) is 4.99 Å². The number of halogens is 2. The molecule has 1 aromatic heterocycles. The number of aliphatic imine (C=N–C) groups is 1. The third-order valence-electron chi connectivity index (χ3n) is 3.72. The fourth-order valence-corrected chi connectivity index (χ4v) is 5.65. The lowest BCUT2D eigenvalue weighted by Gasteiger charge is -2.21. The van der Waals surface area contributed by atoms with E-state index in [2.05, 4.69) is 68.2 Å². The van der Waals surface area contributed by atoms with E-state index in [4.69, 9.17) is 0 Å². The Labute approximate surface area is 166 Å². The van der Waals surface area contributed by atoms with E-state index in [1.165, 1.54) is 4.88 Å². The predicted octanol–water partition coefficient (Wildman–Crippen LogP) is 4.27. The number of aromatic hydroxyl groups is 1. The number of nitriles is 1. The number of benzene rings is 1. The summed E-state index contributed by atoms with van der Waals surface area (Å²) in [5, 5.41) is 20.4. The Morgan fingerprint density at radius 1 is 1.43 bits per heavy atom. The second kappa shape index (κ2) is 7.04. The third-order valence-corrected chi connectivity index (χ3v) is 6.29. The second-order valence-electron chi connectivity index (χ2n) is 5.37. The van der Waals surface area contributed by atoms with Crippen LogP contribution in [0.4, 0.5) is 5.00 Å². The van der Waals surface area contributed by atoms with Gasteiger partial charge in [0.2, 0.25) is 0 Å². The predicted molar refractivity (Wildman–Crippen MR) is 110 cm³/mol. The lowest BCUT2D eigenvalue weighted by Crippen LogP contribution is -2.25. The molecular formula is C16H13I2N3OS. The first kappa shape index (κ1) is 17.1. The van der Waals surface area contributed by atoms with Crippen LogP contribution in [0, 0.1) is 18.5 Å². The Bertz CT molecular complexity index is 839. The van der Waals surface area contributed by atoms with E-state index in [1.807, 2.05) is 12.1 Å². The SMILES string of the molecule is CN1CCc2c(sc(/N=C/c3cc(I)cc(I)c3O)c2C#N)C1. The lowest BCUT2D eigenvalue weighted by atomic mass is 10.0. The van der Waals surface area contributed by atoms with Crippen molar-refractivity contribution in [2.45, 2.75) is 13.0 Å². The Balaban J connectivity index is 2.00. The Morgan fingerprint density at radius 3 is 2.96 bits per heavy atom. The van der Waals surface area contributed by atoms with Crippen molar-refractivity contribution in [1.29, 1.82) is 5.26 Å². The lowest BCUT2D eigenvalue weighted by molar-refractivity contribution is 0.317. The molecule has 1 aliphatic rings. The number of likely N-dealkylation sites (N-methyl/N-ethyl adjacent to an activating group) is 1. The molecule has 0 spiro atoms. The average molecular weight is 549 g/mol. The number of thiophene rings is 1. The molecule has 7 heteroatoms. The van der Waals surface area contributed by atoms with Crippen LogP contribution in [0.1, 0.15) is 21.6 Å². The van der Waals surface area contributed by atoms with Crippen molar-refractivity contribution in [2.24, 2.45) is 4.99 Å². The first-order chi connectivity index (χ1) is 11.0. The summed E-state index contributed by atoms with van der Waals surface area (Å²) in [6, 6.07) is 6.10. The molecule has 2 aromatic rings. The van der Waals surface area contributed by atoms with Crippen LogP contribution in [0.5, 0.6) is 5.75 Å². The van der Waals surface area contributed by atoms with Crippen LogP contribution in [0.3, 0.4) is 0 Å². The van der Waals surface area contributed by atoms with E-state index in [9.17, 15) is 10.4 Å². The summed E-state index contributed by atoms with van der Waals surface area (Å²) in [5.74, 6) is 0.231. The van der Waals surface area contributed by atoms with Crippen LogP contribution in [0.15, 0.2) is 17.1 Å². The van der Waals surface area contributed by atoms with Crippen molar-refractivity contribution in [2.75, 3.05) is 13.6 Å². The number of hydrogen-bond acceptors (Lipinski definition) is 5. The van der Waals surface area contributed by atoms with E-state index in [-0.39, 0.29) is 5.75 Å². The van der Waals surface area contributed by atoms with Gasteiger partial charge in [0.25, 0.3) is 0 Å². The van der Waals surface area contributed by atoms with Gasteiger partial charge in [-0.15, -0.1) is 11.3 Å². The summed E-state index contributed by atoms with van der Waals surface area (Å²) in [4.78, 5) is 7.98. The molecule has 23 heavy (non-hydrogen) atoms. The maximum absolute atomic E-state index is 10.2. The van der Waals surface area contributed by atoms with Gasteiger partial charge in [-0.2, -0.15) is 5.26 Å². The standard InChI is InChI=1S/C16H13I2N3OS/c1-21-3-2-11-12(6-19)16(23-14(11)8-21)20-7-9-4-10(17)5-13(18)15(9)22/h4-5,7,22H,2-3,8H2,1H3/b20-7+. The van der Waals surface area contributed by atoms with E-state index >= 15 is 0 Å². The van der Waals surface area contributed by atoms with Gasteiger partial charge in [-0.3, -0.25) is 0 Å². The third kappa shape index (κ3) is 3.55. The molecule has 1 aromatic carbocycles. The van der Waals surface area contributed by atoms with E-state index < -0.39 is 0 Å². The van der Waals surface area contributed by atoms with E-state index in [0.717, 1.165) is 37.2 Å². The van der Waals surface area contributed by atoms with Crippen LogP contribution >= 0.6 is 56.5 Å². The normalized spacial score (nSPS) is 14.9. The minimum atomic E-state index is 0.231. The van der Waals surface area contributed by atoms with Gasteiger partial charge in [0.1, 0.15) is 16.8 Å². The van der Waals surface area contributed by atoms with Crippen LogP contribution in [0.2, 0.25) is 0 Å². The Kier molecular flexibility index (Phi) is 5.25. The Morgan fingerprint density at radius 2 is 2.22 bits per heavy atom. The summed E-state index contributed by atoms with van der Waals surface area (Å²) in [6.45, 7) is 1.84. The van der Waals surface area contributed by atoms with Crippen molar-refractivity contribution in [1.82, 2.24) is 4.90 Å². The second-order valence-corrected chi connectivity index (χ2v) is 8.86. The number of phenols is 1. The number of phenolic OH excluding ortho intramolecular Hbond substituents is 1. The van der Waals surface area contributed by atoms with Crippen molar-refractivity contribution >= 4 is 67.7 Å². The molecule has 118 valence electrons. The largest absolute Gasteiger partial charge is 0.506 e. The summed E-state index contributed by atoms with van der Waals surface area (Å²) >= 11 is 5.90. The summed E-state index contributed by atoms with van der Waals surface area (Å²) in [5.41, 5.74) is 2.51. The van der Waals surface area contributed by atoms with Gasteiger partial charge in [-0.05, 0) is 76.3 Å². The van der Waals surface area contributed by atoms with Gasteiger partial charge < -0.3 is 10.0 Å². The minimum absolute atomic E-state index is 0.231. The van der Waals surface area contributed by atoms with Crippen molar-refractivity contribution in [3.05, 3.63) is 40.8 Å². The van der Waals surface area contributed by atoms with Crippen molar-refractivity contribution < 1.29 is 5.11 Å². The fraction of sp³-hybridized carbons (Fsp3) is 0.250. The van der Waals surface area contributed by atoms with Gasteiger partial charge in [0.05, 0.1) is 9.13 Å². The van der Waals surface area contributed by atoms with Gasteiger partial charge in [-0.1, -0.05) is 0 Å². The molecule has 0 atom stereocenters. The molecule has 0 amide bonds. The maximum Gasteiger partial charge on any atom is 0.137 e. The molecule has 1 N–H and O–H groups in total. The quantitative estimate of drug-likeness (QED) is 0.450. The first-order valence-electron chi connectivity index (χ1n) is 6.95. The molecule has 0 radical (unpaired) electrons. The molecule has 0 saturated carbocycles. The zero-order valence-corrected chi connectivity index (χ0v) is 17.4. The minimum Gasteiger partial charge on any atom is -0.506 e. The highest BCUT2D eigenvalue weighted by molar-refractivity contribution is 14.1. The molecule has 2 heterocycles. The molecule has 1 aliphatic heterocycles.